The van der Waals surface area contributed by atoms with Crippen molar-refractivity contribution in [2.45, 2.75) is 38.8 Å². The van der Waals surface area contributed by atoms with E-state index in [-0.39, 0.29) is 42.8 Å². The van der Waals surface area contributed by atoms with Crippen molar-refractivity contribution < 1.29 is 22.7 Å². The first-order valence-electron chi connectivity index (χ1n) is 11.2. The number of carbonyl (C=O) groups excluding carboxylic acids is 2. The molecule has 0 bridgehead atoms. The van der Waals surface area contributed by atoms with Crippen LogP contribution in [0.3, 0.4) is 0 Å². The number of hydrogen-bond donors (Lipinski definition) is 1. The fourth-order valence-corrected chi connectivity index (χ4v) is 5.41. The molecule has 0 saturated carbocycles. The van der Waals surface area contributed by atoms with E-state index >= 15 is 0 Å². The number of ether oxygens (including phenoxy) is 1. The van der Waals surface area contributed by atoms with Gasteiger partial charge in [0.2, 0.25) is 21.8 Å². The molecule has 1 atom stereocenters. The Morgan fingerprint density at radius 2 is 1.78 bits per heavy atom. The molecule has 0 aliphatic rings. The molecule has 0 aromatic heterocycles. The Hall–Kier alpha value is -2.20. The number of hydrogen-bond acceptors (Lipinski definition) is 5. The second-order valence-electron chi connectivity index (χ2n) is 8.05. The fourth-order valence-electron chi connectivity index (χ4n) is 3.73. The van der Waals surface area contributed by atoms with Crippen molar-refractivity contribution >= 4 is 62.3 Å². The van der Waals surface area contributed by atoms with E-state index in [1.165, 1.54) is 29.4 Å². The summed E-state index contributed by atoms with van der Waals surface area (Å²) >= 11 is 18.5. The third-order valence-electron chi connectivity index (χ3n) is 5.56. The van der Waals surface area contributed by atoms with E-state index in [4.69, 9.17) is 39.5 Å². The second-order valence-corrected chi connectivity index (χ2v) is 11.2. The molecule has 0 fully saturated rings. The fraction of sp³-hybridized carbons (Fsp3) is 0.417. The van der Waals surface area contributed by atoms with Gasteiger partial charge >= 0.3 is 0 Å². The Labute approximate surface area is 227 Å². The van der Waals surface area contributed by atoms with Gasteiger partial charge in [-0.1, -0.05) is 47.8 Å². The van der Waals surface area contributed by atoms with Gasteiger partial charge in [-0.15, -0.1) is 0 Å². The molecule has 2 aromatic carbocycles. The molecular weight excluding hydrogens is 549 g/mol. The number of anilines is 1. The van der Waals surface area contributed by atoms with Gasteiger partial charge in [-0.3, -0.25) is 13.9 Å². The first kappa shape index (κ1) is 30.0. The van der Waals surface area contributed by atoms with Gasteiger partial charge in [-0.25, -0.2) is 8.42 Å². The predicted molar refractivity (Wildman–Crippen MR) is 145 cm³/mol. The molecule has 0 radical (unpaired) electrons. The van der Waals surface area contributed by atoms with Gasteiger partial charge in [0.25, 0.3) is 0 Å². The average Bonchev–Trinajstić information content (AvgIpc) is 2.81. The van der Waals surface area contributed by atoms with Crippen LogP contribution in [0, 0.1) is 0 Å². The summed E-state index contributed by atoms with van der Waals surface area (Å²) < 4.78 is 31.3. The molecule has 0 spiro atoms. The van der Waals surface area contributed by atoms with Crippen LogP contribution in [0.2, 0.25) is 15.1 Å². The van der Waals surface area contributed by atoms with E-state index in [0.29, 0.717) is 33.5 Å². The SMILES string of the molecule is CCC(C(=O)NC)N(Cc1ccc(Cl)cc1Cl)C(=O)CCCN(c1ccc(OC)c(Cl)c1)S(C)(=O)=O. The van der Waals surface area contributed by atoms with Crippen molar-refractivity contribution in [2.75, 3.05) is 31.3 Å². The Bertz CT molecular complexity index is 1190. The van der Waals surface area contributed by atoms with Crippen LogP contribution in [0.4, 0.5) is 5.69 Å². The molecule has 36 heavy (non-hydrogen) atoms. The maximum atomic E-state index is 13.3. The number of rotatable bonds is 12. The van der Waals surface area contributed by atoms with Gasteiger partial charge in [0.05, 0.1) is 24.1 Å². The van der Waals surface area contributed by atoms with Gasteiger partial charge in [0, 0.05) is 36.6 Å². The van der Waals surface area contributed by atoms with Crippen molar-refractivity contribution in [3.05, 3.63) is 57.0 Å². The van der Waals surface area contributed by atoms with E-state index in [0.717, 1.165) is 6.26 Å². The molecule has 1 unspecified atom stereocenters. The molecule has 12 heteroatoms. The molecule has 2 amide bonds. The van der Waals surface area contributed by atoms with Crippen molar-refractivity contribution in [1.29, 1.82) is 0 Å². The minimum absolute atomic E-state index is 0.00854. The summed E-state index contributed by atoms with van der Waals surface area (Å²) in [6.45, 7) is 1.95. The number of likely N-dealkylation sites (N-methyl/N-ethyl adjacent to an activating group) is 1. The highest BCUT2D eigenvalue weighted by Crippen LogP contribution is 2.30. The standard InChI is InChI=1S/C24H30Cl3N3O5S/c1-5-21(24(32)28-2)29(15-16-8-9-17(25)13-19(16)26)23(31)7-6-12-30(36(4,33)34)18-10-11-22(35-3)20(27)14-18/h8-11,13-14,21H,5-7,12,15H2,1-4H3,(H,28,32). The number of carbonyl (C=O) groups is 2. The first-order chi connectivity index (χ1) is 16.9. The summed E-state index contributed by atoms with van der Waals surface area (Å²) in [7, 11) is -0.683. The lowest BCUT2D eigenvalue weighted by molar-refractivity contribution is -0.141. The topological polar surface area (TPSA) is 96.0 Å². The minimum atomic E-state index is -3.65. The van der Waals surface area contributed by atoms with Crippen molar-refractivity contribution in [3.8, 4) is 5.75 Å². The lowest BCUT2D eigenvalue weighted by Crippen LogP contribution is -2.48. The maximum Gasteiger partial charge on any atom is 0.242 e. The van der Waals surface area contributed by atoms with Gasteiger partial charge in [-0.2, -0.15) is 0 Å². The Balaban J connectivity index is 2.24. The van der Waals surface area contributed by atoms with Gasteiger partial charge < -0.3 is 15.0 Å². The molecule has 0 aliphatic heterocycles. The quantitative estimate of drug-likeness (QED) is 0.392. The summed E-state index contributed by atoms with van der Waals surface area (Å²) in [6.07, 6.45) is 1.69. The summed E-state index contributed by atoms with van der Waals surface area (Å²) in [5, 5.41) is 3.70. The second kappa shape index (κ2) is 13.4. The molecule has 8 nitrogen and oxygen atoms in total. The number of sulfonamides is 1. The molecular formula is C24H30Cl3N3O5S. The van der Waals surface area contributed by atoms with Crippen LogP contribution in [-0.4, -0.2) is 58.1 Å². The van der Waals surface area contributed by atoms with Gasteiger partial charge in [0.1, 0.15) is 11.8 Å². The normalized spacial score (nSPS) is 12.1. The third-order valence-corrected chi connectivity index (χ3v) is 7.64. The van der Waals surface area contributed by atoms with Crippen molar-refractivity contribution in [1.82, 2.24) is 10.2 Å². The largest absolute Gasteiger partial charge is 0.495 e. The number of amides is 2. The molecule has 198 valence electrons. The van der Waals surface area contributed by atoms with Crippen LogP contribution < -0.4 is 14.4 Å². The zero-order chi connectivity index (χ0) is 27.0. The number of halogens is 3. The summed E-state index contributed by atoms with van der Waals surface area (Å²) in [4.78, 5) is 27.3. The molecule has 0 saturated heterocycles. The van der Waals surface area contributed by atoms with Gasteiger partial charge in [-0.05, 0) is 48.7 Å². The Morgan fingerprint density at radius 3 is 2.31 bits per heavy atom. The highest BCUT2D eigenvalue weighted by molar-refractivity contribution is 7.92. The third kappa shape index (κ3) is 7.90. The maximum absolute atomic E-state index is 13.3. The smallest absolute Gasteiger partial charge is 0.242 e. The van der Waals surface area contributed by atoms with Gasteiger partial charge in [0.15, 0.2) is 0 Å². The number of nitrogens with zero attached hydrogens (tertiary/aromatic N) is 2. The molecule has 1 N–H and O–H groups in total. The summed E-state index contributed by atoms with van der Waals surface area (Å²) in [5.74, 6) is -0.195. The lowest BCUT2D eigenvalue weighted by atomic mass is 10.1. The van der Waals surface area contributed by atoms with E-state index in [2.05, 4.69) is 5.32 Å². The summed E-state index contributed by atoms with van der Waals surface area (Å²) in [6, 6.07) is 8.88. The van der Waals surface area contributed by atoms with E-state index < -0.39 is 16.1 Å². The monoisotopic (exact) mass is 577 g/mol. The van der Waals surface area contributed by atoms with Crippen molar-refractivity contribution in [2.24, 2.45) is 0 Å². The Morgan fingerprint density at radius 1 is 1.08 bits per heavy atom. The molecule has 0 heterocycles. The minimum Gasteiger partial charge on any atom is -0.495 e. The highest BCUT2D eigenvalue weighted by Gasteiger charge is 2.29. The number of nitrogens with one attached hydrogen (secondary N) is 1. The average molecular weight is 579 g/mol. The molecule has 0 aliphatic carbocycles. The van der Waals surface area contributed by atoms with Crippen LogP contribution >= 0.6 is 34.8 Å². The van der Waals surface area contributed by atoms with Crippen LogP contribution in [0.5, 0.6) is 5.75 Å². The van der Waals surface area contributed by atoms with E-state index in [1.807, 2.05) is 6.92 Å². The van der Waals surface area contributed by atoms with Crippen LogP contribution in [-0.2, 0) is 26.2 Å². The zero-order valence-electron chi connectivity index (χ0n) is 20.6. The first-order valence-corrected chi connectivity index (χ1v) is 14.2. The van der Waals surface area contributed by atoms with Crippen molar-refractivity contribution in [3.63, 3.8) is 0 Å². The number of methoxy groups -OCH3 is 1. The molecule has 2 rings (SSSR count). The van der Waals surface area contributed by atoms with E-state index in [1.54, 1.807) is 30.3 Å². The summed E-state index contributed by atoms with van der Waals surface area (Å²) in [5.41, 5.74) is 1.000. The molecule has 2 aromatic rings. The van der Waals surface area contributed by atoms with Crippen LogP contribution in [0.1, 0.15) is 31.7 Å². The lowest BCUT2D eigenvalue weighted by Gasteiger charge is -2.31. The van der Waals surface area contributed by atoms with E-state index in [9.17, 15) is 18.0 Å². The zero-order valence-corrected chi connectivity index (χ0v) is 23.6. The Kier molecular flexibility index (Phi) is 11.2. The van der Waals surface area contributed by atoms with Crippen LogP contribution in [0.15, 0.2) is 36.4 Å². The highest BCUT2D eigenvalue weighted by atomic mass is 35.5. The predicted octanol–water partition coefficient (Wildman–Crippen LogP) is 4.76. The number of benzene rings is 2. The van der Waals surface area contributed by atoms with Crippen LogP contribution in [0.25, 0.3) is 0 Å².